The van der Waals surface area contributed by atoms with E-state index in [1.54, 1.807) is 22.9 Å². The Morgan fingerprint density at radius 3 is 3.24 bits per heavy atom. The lowest BCUT2D eigenvalue weighted by molar-refractivity contribution is 0.555. The van der Waals surface area contributed by atoms with Gasteiger partial charge in [0.2, 0.25) is 0 Å². The zero-order valence-electron chi connectivity index (χ0n) is 8.77. The summed E-state index contributed by atoms with van der Waals surface area (Å²) in [6.45, 7) is 0.664. The molecule has 0 aliphatic carbocycles. The van der Waals surface area contributed by atoms with E-state index in [0.717, 1.165) is 11.4 Å². The Morgan fingerprint density at radius 2 is 2.41 bits per heavy atom. The summed E-state index contributed by atoms with van der Waals surface area (Å²) >= 11 is 1.57. The van der Waals surface area contributed by atoms with Crippen molar-refractivity contribution in [1.82, 2.24) is 9.97 Å². The quantitative estimate of drug-likeness (QED) is 0.744. The van der Waals surface area contributed by atoms with E-state index in [1.807, 2.05) is 17.5 Å². The average Bonchev–Trinajstić information content (AvgIpc) is 2.92. The number of hydrogen-bond donors (Lipinski definition) is 2. The molecule has 6 heteroatoms. The number of anilines is 1. The molecule has 17 heavy (non-hydrogen) atoms. The van der Waals surface area contributed by atoms with Crippen LogP contribution in [0.3, 0.4) is 0 Å². The lowest BCUT2D eigenvalue weighted by atomic mass is 10.3. The summed E-state index contributed by atoms with van der Waals surface area (Å²) in [5.74, 6) is -0.434. The van der Waals surface area contributed by atoms with Gasteiger partial charge in [-0.25, -0.2) is 9.78 Å². The lowest BCUT2D eigenvalue weighted by Crippen LogP contribution is -1.99. The monoisotopic (exact) mass is 247 g/mol. The number of fused-ring (bicyclic) bond motifs is 1. The Kier molecular flexibility index (Phi) is 2.41. The Balaban J connectivity index is 1.83. The largest absolute Gasteiger partial charge is 0.417 e. The van der Waals surface area contributed by atoms with Gasteiger partial charge in [-0.3, -0.25) is 4.98 Å². The maximum Gasteiger partial charge on any atom is 0.417 e. The molecule has 0 fully saturated rings. The van der Waals surface area contributed by atoms with Crippen molar-refractivity contribution in [2.45, 2.75) is 6.54 Å². The van der Waals surface area contributed by atoms with Crippen molar-refractivity contribution in [1.29, 1.82) is 0 Å². The van der Waals surface area contributed by atoms with Gasteiger partial charge in [-0.15, -0.1) is 11.3 Å². The number of thiazole rings is 1. The van der Waals surface area contributed by atoms with Crippen LogP contribution in [0.1, 0.15) is 5.69 Å². The summed E-state index contributed by atoms with van der Waals surface area (Å²) in [6, 6.07) is 5.47. The summed E-state index contributed by atoms with van der Waals surface area (Å²) in [4.78, 5) is 17.8. The third-order valence-electron chi connectivity index (χ3n) is 2.38. The molecule has 1 aromatic carbocycles. The molecule has 0 atom stereocenters. The Morgan fingerprint density at radius 1 is 1.47 bits per heavy atom. The van der Waals surface area contributed by atoms with Gasteiger partial charge < -0.3 is 9.73 Å². The SMILES string of the molecule is O=c1[nH]c2cc(NCc3cscn3)ccc2o1. The van der Waals surface area contributed by atoms with Crippen LogP contribution in [0, 0.1) is 0 Å². The smallest absolute Gasteiger partial charge is 0.408 e. The van der Waals surface area contributed by atoms with Gasteiger partial charge >= 0.3 is 5.76 Å². The molecule has 2 heterocycles. The highest BCUT2D eigenvalue weighted by molar-refractivity contribution is 7.07. The fourth-order valence-electron chi connectivity index (χ4n) is 1.58. The standard InChI is InChI=1S/C11H9N3O2S/c15-11-14-9-3-7(1-2-10(9)16-11)12-4-8-5-17-6-13-8/h1-3,5-6,12H,4H2,(H,14,15). The zero-order valence-corrected chi connectivity index (χ0v) is 9.58. The van der Waals surface area contributed by atoms with Crippen LogP contribution in [0.15, 0.2) is 38.3 Å². The van der Waals surface area contributed by atoms with E-state index in [-0.39, 0.29) is 0 Å². The number of oxazole rings is 1. The van der Waals surface area contributed by atoms with E-state index >= 15 is 0 Å². The zero-order chi connectivity index (χ0) is 11.7. The van der Waals surface area contributed by atoms with Crippen molar-refractivity contribution >= 4 is 28.1 Å². The number of aromatic nitrogens is 2. The van der Waals surface area contributed by atoms with Gasteiger partial charge in [-0.2, -0.15) is 0 Å². The Hall–Kier alpha value is -2.08. The maximum atomic E-state index is 11.0. The summed E-state index contributed by atoms with van der Waals surface area (Å²) in [7, 11) is 0. The van der Waals surface area contributed by atoms with E-state index in [9.17, 15) is 4.79 Å². The van der Waals surface area contributed by atoms with Crippen molar-refractivity contribution < 1.29 is 4.42 Å². The third-order valence-corrected chi connectivity index (χ3v) is 3.01. The topological polar surface area (TPSA) is 70.9 Å². The molecule has 0 spiro atoms. The second-order valence-electron chi connectivity index (χ2n) is 3.56. The number of rotatable bonds is 3. The van der Waals surface area contributed by atoms with Crippen LogP contribution in [-0.2, 0) is 6.54 Å². The highest BCUT2D eigenvalue weighted by atomic mass is 32.1. The fraction of sp³-hybridized carbons (Fsp3) is 0.0909. The molecule has 0 saturated carbocycles. The normalized spacial score (nSPS) is 10.8. The number of benzene rings is 1. The van der Waals surface area contributed by atoms with Gasteiger partial charge in [-0.1, -0.05) is 0 Å². The van der Waals surface area contributed by atoms with E-state index in [2.05, 4.69) is 15.3 Å². The first-order valence-electron chi connectivity index (χ1n) is 5.05. The molecule has 2 N–H and O–H groups in total. The maximum absolute atomic E-state index is 11.0. The molecule has 2 aromatic heterocycles. The number of aromatic amines is 1. The molecule has 0 radical (unpaired) electrons. The van der Waals surface area contributed by atoms with Crippen LogP contribution in [0.4, 0.5) is 5.69 Å². The van der Waals surface area contributed by atoms with E-state index < -0.39 is 5.76 Å². The number of H-pyrrole nitrogens is 1. The molecule has 0 amide bonds. The third kappa shape index (κ3) is 2.07. The van der Waals surface area contributed by atoms with Gasteiger partial charge in [0.1, 0.15) is 0 Å². The minimum Gasteiger partial charge on any atom is -0.408 e. The summed E-state index contributed by atoms with van der Waals surface area (Å²) < 4.78 is 4.92. The van der Waals surface area contributed by atoms with Gasteiger partial charge in [-0.05, 0) is 18.2 Å². The predicted molar refractivity (Wildman–Crippen MR) is 66.3 cm³/mol. The highest BCUT2D eigenvalue weighted by Gasteiger charge is 2.02. The van der Waals surface area contributed by atoms with Gasteiger partial charge in [0.05, 0.1) is 23.3 Å². The molecule has 86 valence electrons. The molecule has 0 bridgehead atoms. The van der Waals surface area contributed by atoms with Gasteiger partial charge in [0.25, 0.3) is 0 Å². The van der Waals surface area contributed by atoms with E-state index in [4.69, 9.17) is 4.42 Å². The molecule has 5 nitrogen and oxygen atoms in total. The number of hydrogen-bond acceptors (Lipinski definition) is 5. The van der Waals surface area contributed by atoms with E-state index in [1.165, 1.54) is 0 Å². The summed E-state index contributed by atoms with van der Waals surface area (Å²) in [6.07, 6.45) is 0. The van der Waals surface area contributed by atoms with Gasteiger partial charge in [0, 0.05) is 11.1 Å². The number of nitrogens with zero attached hydrogens (tertiary/aromatic N) is 1. The molecule has 3 rings (SSSR count). The Labute approximate surface area is 100 Å². The minimum absolute atomic E-state index is 0.434. The molecule has 0 unspecified atom stereocenters. The first-order valence-corrected chi connectivity index (χ1v) is 5.99. The first-order chi connectivity index (χ1) is 8.31. The van der Waals surface area contributed by atoms with Crippen LogP contribution in [0.2, 0.25) is 0 Å². The molecular weight excluding hydrogens is 238 g/mol. The summed E-state index contributed by atoms with van der Waals surface area (Å²) in [5, 5.41) is 5.22. The molecule has 0 aliphatic rings. The van der Waals surface area contributed by atoms with Gasteiger partial charge in [0.15, 0.2) is 5.58 Å². The van der Waals surface area contributed by atoms with Crippen LogP contribution in [0.25, 0.3) is 11.1 Å². The predicted octanol–water partition coefficient (Wildman–Crippen LogP) is 2.19. The second-order valence-corrected chi connectivity index (χ2v) is 4.28. The van der Waals surface area contributed by atoms with Crippen molar-refractivity contribution in [3.05, 3.63) is 45.3 Å². The molecular formula is C11H9N3O2S. The number of nitrogens with one attached hydrogen (secondary N) is 2. The lowest BCUT2D eigenvalue weighted by Gasteiger charge is -2.03. The summed E-state index contributed by atoms with van der Waals surface area (Å²) in [5.41, 5.74) is 4.97. The van der Waals surface area contributed by atoms with Crippen LogP contribution >= 0.6 is 11.3 Å². The molecule has 0 aliphatic heterocycles. The highest BCUT2D eigenvalue weighted by Crippen LogP contribution is 2.16. The van der Waals surface area contributed by atoms with Crippen molar-refractivity contribution in [3.8, 4) is 0 Å². The van der Waals surface area contributed by atoms with Crippen LogP contribution in [-0.4, -0.2) is 9.97 Å². The van der Waals surface area contributed by atoms with Crippen molar-refractivity contribution in [2.24, 2.45) is 0 Å². The van der Waals surface area contributed by atoms with Crippen LogP contribution < -0.4 is 11.1 Å². The van der Waals surface area contributed by atoms with E-state index in [0.29, 0.717) is 17.6 Å². The Bertz CT molecular complexity index is 684. The van der Waals surface area contributed by atoms with Crippen LogP contribution in [0.5, 0.6) is 0 Å². The second kappa shape index (κ2) is 4.06. The fourth-order valence-corrected chi connectivity index (χ4v) is 2.14. The first kappa shape index (κ1) is 10.1. The minimum atomic E-state index is -0.434. The van der Waals surface area contributed by atoms with Crippen molar-refractivity contribution in [2.75, 3.05) is 5.32 Å². The molecule has 3 aromatic rings. The van der Waals surface area contributed by atoms with Crippen molar-refractivity contribution in [3.63, 3.8) is 0 Å². The average molecular weight is 247 g/mol. The molecule has 0 saturated heterocycles.